The highest BCUT2D eigenvalue weighted by atomic mass is 32.2. The summed E-state index contributed by atoms with van der Waals surface area (Å²) >= 11 is 0. The first-order valence-electron chi connectivity index (χ1n) is 7.78. The number of hydrogen-bond donors (Lipinski definition) is 1. The van der Waals surface area contributed by atoms with Crippen LogP contribution >= 0.6 is 0 Å². The standard InChI is InChI=1S/C16H23N3O5S/c1-16(2,3)24-15(20)19-10-12(11-19)9-17-18-25(21,22)14-7-5-13(23-4)6-8-14/h5-9,12,18H,10-11H2,1-4H3/b17-9-. The van der Waals surface area contributed by atoms with Gasteiger partial charge >= 0.3 is 6.09 Å². The molecule has 1 aromatic carbocycles. The van der Waals surface area contributed by atoms with Gasteiger partial charge in [-0.05, 0) is 45.0 Å². The number of benzene rings is 1. The molecule has 0 bridgehead atoms. The second-order valence-corrected chi connectivity index (χ2v) is 8.35. The molecule has 0 aliphatic carbocycles. The number of methoxy groups -OCH3 is 1. The summed E-state index contributed by atoms with van der Waals surface area (Å²) in [6.07, 6.45) is 1.11. The van der Waals surface area contributed by atoms with Gasteiger partial charge in [-0.1, -0.05) is 0 Å². The minimum atomic E-state index is -3.73. The van der Waals surface area contributed by atoms with E-state index in [0.29, 0.717) is 18.8 Å². The molecule has 0 radical (unpaired) electrons. The van der Waals surface area contributed by atoms with Crippen molar-refractivity contribution in [3.63, 3.8) is 0 Å². The third-order valence-corrected chi connectivity index (χ3v) is 4.63. The fourth-order valence-corrected chi connectivity index (χ4v) is 2.89. The van der Waals surface area contributed by atoms with Gasteiger partial charge in [0.2, 0.25) is 0 Å². The van der Waals surface area contributed by atoms with Crippen molar-refractivity contribution in [3.05, 3.63) is 24.3 Å². The van der Waals surface area contributed by atoms with Crippen LogP contribution in [0.15, 0.2) is 34.3 Å². The van der Waals surface area contributed by atoms with E-state index >= 15 is 0 Å². The monoisotopic (exact) mass is 369 g/mol. The second-order valence-electron chi connectivity index (χ2n) is 6.69. The third-order valence-electron chi connectivity index (χ3n) is 3.39. The lowest BCUT2D eigenvalue weighted by Crippen LogP contribution is -2.52. The molecular formula is C16H23N3O5S. The van der Waals surface area contributed by atoms with Crippen LogP contribution in [0.4, 0.5) is 4.79 Å². The summed E-state index contributed by atoms with van der Waals surface area (Å²) in [4.78, 5) is 15.6. The normalized spacial score (nSPS) is 15.8. The van der Waals surface area contributed by atoms with Gasteiger partial charge in [-0.3, -0.25) is 0 Å². The number of carbonyl (C=O) groups is 1. The van der Waals surface area contributed by atoms with Crippen LogP contribution in [0.25, 0.3) is 0 Å². The molecule has 25 heavy (non-hydrogen) atoms. The summed E-state index contributed by atoms with van der Waals surface area (Å²) in [6, 6.07) is 5.99. The number of nitrogens with zero attached hydrogens (tertiary/aromatic N) is 2. The molecule has 1 saturated heterocycles. The molecular weight excluding hydrogens is 346 g/mol. The molecule has 138 valence electrons. The Morgan fingerprint density at radius 2 is 1.88 bits per heavy atom. The van der Waals surface area contributed by atoms with E-state index in [2.05, 4.69) is 9.93 Å². The number of nitrogens with one attached hydrogen (secondary N) is 1. The van der Waals surface area contributed by atoms with Gasteiger partial charge in [0.15, 0.2) is 0 Å². The maximum absolute atomic E-state index is 12.1. The number of ether oxygens (including phenoxy) is 2. The van der Waals surface area contributed by atoms with E-state index in [9.17, 15) is 13.2 Å². The van der Waals surface area contributed by atoms with Crippen molar-refractivity contribution in [1.29, 1.82) is 0 Å². The van der Waals surface area contributed by atoms with E-state index in [1.54, 1.807) is 37.8 Å². The summed E-state index contributed by atoms with van der Waals surface area (Å²) in [7, 11) is -2.22. The molecule has 0 atom stereocenters. The Kier molecular flexibility index (Phi) is 5.56. The quantitative estimate of drug-likeness (QED) is 0.631. The summed E-state index contributed by atoms with van der Waals surface area (Å²) in [5, 5.41) is 3.78. The van der Waals surface area contributed by atoms with Gasteiger partial charge in [0, 0.05) is 25.2 Å². The number of sulfonamides is 1. The number of amides is 1. The lowest BCUT2D eigenvalue weighted by atomic mass is 10.0. The zero-order valence-electron chi connectivity index (χ0n) is 14.7. The van der Waals surface area contributed by atoms with E-state index in [-0.39, 0.29) is 16.9 Å². The maximum Gasteiger partial charge on any atom is 0.410 e. The summed E-state index contributed by atoms with van der Waals surface area (Å²) in [6.45, 7) is 6.30. The van der Waals surface area contributed by atoms with E-state index < -0.39 is 15.6 Å². The molecule has 0 saturated carbocycles. The maximum atomic E-state index is 12.1. The highest BCUT2D eigenvalue weighted by Crippen LogP contribution is 2.18. The highest BCUT2D eigenvalue weighted by molar-refractivity contribution is 7.89. The average molecular weight is 369 g/mol. The van der Waals surface area contributed by atoms with Crippen molar-refractivity contribution in [2.45, 2.75) is 31.3 Å². The van der Waals surface area contributed by atoms with Crippen LogP contribution in [-0.2, 0) is 14.8 Å². The van der Waals surface area contributed by atoms with Gasteiger partial charge in [0.1, 0.15) is 11.4 Å². The molecule has 1 aliphatic rings. The number of hydrogen-bond acceptors (Lipinski definition) is 6. The summed E-state index contributed by atoms with van der Waals surface area (Å²) in [5.41, 5.74) is -0.537. The van der Waals surface area contributed by atoms with Crippen molar-refractivity contribution >= 4 is 22.3 Å². The minimum absolute atomic E-state index is 0.00825. The molecule has 0 unspecified atom stereocenters. The lowest BCUT2D eigenvalue weighted by Gasteiger charge is -2.37. The predicted octanol–water partition coefficient (Wildman–Crippen LogP) is 1.83. The van der Waals surface area contributed by atoms with Gasteiger partial charge in [-0.15, -0.1) is 0 Å². The fraction of sp³-hybridized carbons (Fsp3) is 0.500. The molecule has 1 aliphatic heterocycles. The molecule has 1 N–H and O–H groups in total. The van der Waals surface area contributed by atoms with Crippen LogP contribution in [-0.4, -0.2) is 51.4 Å². The van der Waals surface area contributed by atoms with Gasteiger partial charge < -0.3 is 14.4 Å². The van der Waals surface area contributed by atoms with Gasteiger partial charge in [0.05, 0.1) is 12.0 Å². The van der Waals surface area contributed by atoms with Crippen molar-refractivity contribution < 1.29 is 22.7 Å². The Hall–Kier alpha value is -2.29. The second kappa shape index (κ2) is 7.30. The average Bonchev–Trinajstić information content (AvgIpc) is 2.47. The van der Waals surface area contributed by atoms with Crippen LogP contribution in [0.5, 0.6) is 5.75 Å². The molecule has 1 aromatic rings. The Balaban J connectivity index is 1.82. The molecule has 0 spiro atoms. The molecule has 9 heteroatoms. The number of carbonyl (C=O) groups excluding carboxylic acids is 1. The molecule has 1 amide bonds. The third kappa shape index (κ3) is 5.35. The molecule has 2 rings (SSSR count). The van der Waals surface area contributed by atoms with E-state index in [1.165, 1.54) is 25.5 Å². The molecule has 0 aromatic heterocycles. The molecule has 1 fully saturated rings. The first kappa shape index (κ1) is 19.0. The number of hydrazone groups is 1. The predicted molar refractivity (Wildman–Crippen MR) is 93.1 cm³/mol. The smallest absolute Gasteiger partial charge is 0.410 e. The Labute approximate surface area is 147 Å². The van der Waals surface area contributed by atoms with Crippen molar-refractivity contribution in [3.8, 4) is 5.75 Å². The Morgan fingerprint density at radius 1 is 1.28 bits per heavy atom. The van der Waals surface area contributed by atoms with Gasteiger partial charge in [0.25, 0.3) is 10.0 Å². The summed E-state index contributed by atoms with van der Waals surface area (Å²) in [5.74, 6) is 0.560. The first-order valence-corrected chi connectivity index (χ1v) is 9.26. The highest BCUT2D eigenvalue weighted by Gasteiger charge is 2.32. The van der Waals surface area contributed by atoms with Gasteiger partial charge in [-0.25, -0.2) is 9.63 Å². The van der Waals surface area contributed by atoms with Crippen molar-refractivity contribution in [2.24, 2.45) is 11.0 Å². The van der Waals surface area contributed by atoms with E-state index in [4.69, 9.17) is 9.47 Å². The van der Waals surface area contributed by atoms with Crippen molar-refractivity contribution in [1.82, 2.24) is 9.73 Å². The van der Waals surface area contributed by atoms with Gasteiger partial charge in [-0.2, -0.15) is 13.5 Å². The summed E-state index contributed by atoms with van der Waals surface area (Å²) < 4.78 is 34.4. The largest absolute Gasteiger partial charge is 0.497 e. The lowest BCUT2D eigenvalue weighted by molar-refractivity contribution is 0.00734. The fourth-order valence-electron chi connectivity index (χ4n) is 2.10. The molecule has 8 nitrogen and oxygen atoms in total. The van der Waals surface area contributed by atoms with Crippen LogP contribution in [0.1, 0.15) is 20.8 Å². The first-order chi connectivity index (χ1) is 11.6. The number of rotatable bonds is 5. The van der Waals surface area contributed by atoms with Crippen LogP contribution < -0.4 is 9.57 Å². The minimum Gasteiger partial charge on any atom is -0.497 e. The Bertz CT molecular complexity index is 732. The van der Waals surface area contributed by atoms with Crippen LogP contribution in [0.3, 0.4) is 0 Å². The zero-order chi connectivity index (χ0) is 18.7. The van der Waals surface area contributed by atoms with Crippen LogP contribution in [0.2, 0.25) is 0 Å². The van der Waals surface area contributed by atoms with Crippen molar-refractivity contribution in [2.75, 3.05) is 20.2 Å². The topological polar surface area (TPSA) is 97.3 Å². The van der Waals surface area contributed by atoms with Crippen LogP contribution in [0, 0.1) is 5.92 Å². The zero-order valence-corrected chi connectivity index (χ0v) is 15.5. The Morgan fingerprint density at radius 3 is 2.40 bits per heavy atom. The van der Waals surface area contributed by atoms with E-state index in [1.807, 2.05) is 0 Å². The number of likely N-dealkylation sites (tertiary alicyclic amines) is 1. The molecule has 1 heterocycles. The SMILES string of the molecule is COc1ccc(S(=O)(=O)N/N=C\C2CN(C(=O)OC(C)(C)C)C2)cc1. The van der Waals surface area contributed by atoms with E-state index in [0.717, 1.165) is 0 Å².